The Morgan fingerprint density at radius 3 is 2.88 bits per heavy atom. The molecule has 3 nitrogen and oxygen atoms in total. The minimum Gasteiger partial charge on any atom is -0.327 e. The molecule has 3 atom stereocenters. The Bertz CT molecular complexity index is 375. The Morgan fingerprint density at radius 2 is 2.29 bits per heavy atom. The van der Waals surface area contributed by atoms with Crippen LogP contribution in [0.4, 0.5) is 0 Å². The number of aromatic nitrogens is 2. The summed E-state index contributed by atoms with van der Waals surface area (Å²) in [5, 5.41) is 6.20. The fourth-order valence-electron chi connectivity index (χ4n) is 2.59. The first kappa shape index (κ1) is 13.0. The highest BCUT2D eigenvalue weighted by Crippen LogP contribution is 2.36. The van der Waals surface area contributed by atoms with E-state index >= 15 is 0 Å². The molecule has 1 fully saturated rings. The third-order valence-electron chi connectivity index (χ3n) is 3.76. The van der Waals surface area contributed by atoms with E-state index in [9.17, 15) is 0 Å². The van der Waals surface area contributed by atoms with Gasteiger partial charge in [-0.25, -0.2) is 0 Å². The van der Waals surface area contributed by atoms with Crippen LogP contribution in [0.3, 0.4) is 0 Å². The fraction of sp³-hybridized carbons (Fsp3) is 0.769. The monoisotopic (exact) mass is 253 g/mol. The molecule has 17 heavy (non-hydrogen) atoms. The van der Waals surface area contributed by atoms with Crippen molar-refractivity contribution >= 4 is 11.8 Å². The number of nitrogens with zero attached hydrogens (tertiary/aromatic N) is 2. The highest BCUT2D eigenvalue weighted by molar-refractivity contribution is 7.99. The quantitative estimate of drug-likeness (QED) is 0.901. The van der Waals surface area contributed by atoms with E-state index in [1.165, 1.54) is 30.7 Å². The predicted octanol–water partition coefficient (Wildman–Crippen LogP) is 2.73. The van der Waals surface area contributed by atoms with Gasteiger partial charge in [-0.3, -0.25) is 4.68 Å². The molecule has 0 aromatic carbocycles. The summed E-state index contributed by atoms with van der Waals surface area (Å²) in [5.74, 6) is 0.863. The van der Waals surface area contributed by atoms with Crippen LogP contribution in [0.15, 0.2) is 11.1 Å². The third-order valence-corrected chi connectivity index (χ3v) is 5.23. The fourth-order valence-corrected chi connectivity index (χ4v) is 4.02. The Kier molecular flexibility index (Phi) is 4.15. The van der Waals surface area contributed by atoms with Gasteiger partial charge < -0.3 is 5.73 Å². The molecule has 0 aliphatic heterocycles. The third kappa shape index (κ3) is 3.05. The summed E-state index contributed by atoms with van der Waals surface area (Å²) in [7, 11) is 2.01. The summed E-state index contributed by atoms with van der Waals surface area (Å²) in [4.78, 5) is 0. The maximum Gasteiger partial charge on any atom is 0.0942 e. The Balaban J connectivity index is 2.03. The van der Waals surface area contributed by atoms with Gasteiger partial charge in [0, 0.05) is 18.3 Å². The van der Waals surface area contributed by atoms with Crippen molar-refractivity contribution in [3.63, 3.8) is 0 Å². The van der Waals surface area contributed by atoms with Gasteiger partial charge in [0.1, 0.15) is 0 Å². The van der Waals surface area contributed by atoms with Crippen LogP contribution in [0.5, 0.6) is 0 Å². The van der Waals surface area contributed by atoms with Gasteiger partial charge in [-0.2, -0.15) is 5.10 Å². The van der Waals surface area contributed by atoms with Crippen LogP contribution in [0.1, 0.15) is 38.3 Å². The second-order valence-corrected chi connectivity index (χ2v) is 6.41. The maximum atomic E-state index is 6.25. The largest absolute Gasteiger partial charge is 0.327 e. The molecule has 2 rings (SSSR count). The summed E-state index contributed by atoms with van der Waals surface area (Å²) in [5.41, 5.74) is 7.34. The molecule has 1 aliphatic rings. The molecule has 0 bridgehead atoms. The molecule has 1 aliphatic carbocycles. The van der Waals surface area contributed by atoms with Crippen molar-refractivity contribution in [1.29, 1.82) is 0 Å². The first-order valence-corrected chi connectivity index (χ1v) is 7.41. The highest BCUT2D eigenvalue weighted by atomic mass is 32.2. The van der Waals surface area contributed by atoms with Crippen molar-refractivity contribution in [1.82, 2.24) is 9.78 Å². The molecule has 96 valence electrons. The van der Waals surface area contributed by atoms with Crippen molar-refractivity contribution in [2.24, 2.45) is 18.7 Å². The number of aryl methyl sites for hydroxylation is 2. The van der Waals surface area contributed by atoms with E-state index in [2.05, 4.69) is 18.1 Å². The lowest BCUT2D eigenvalue weighted by atomic mass is 9.84. The van der Waals surface area contributed by atoms with Gasteiger partial charge in [-0.15, -0.1) is 11.8 Å². The number of hydrogen-bond acceptors (Lipinski definition) is 3. The molecule has 1 heterocycles. The van der Waals surface area contributed by atoms with Crippen LogP contribution in [-0.2, 0) is 7.05 Å². The molecule has 1 aromatic rings. The van der Waals surface area contributed by atoms with Gasteiger partial charge in [-0.05, 0) is 38.2 Å². The predicted molar refractivity (Wildman–Crippen MR) is 73.2 cm³/mol. The van der Waals surface area contributed by atoms with E-state index in [-0.39, 0.29) is 0 Å². The zero-order valence-electron chi connectivity index (χ0n) is 11.0. The van der Waals surface area contributed by atoms with E-state index in [0.29, 0.717) is 11.3 Å². The maximum absolute atomic E-state index is 6.25. The van der Waals surface area contributed by atoms with Crippen LogP contribution >= 0.6 is 11.8 Å². The molecule has 0 amide bonds. The van der Waals surface area contributed by atoms with Crippen molar-refractivity contribution < 1.29 is 0 Å². The normalized spacial score (nSPS) is 29.5. The van der Waals surface area contributed by atoms with E-state index < -0.39 is 0 Å². The Labute approximate surface area is 108 Å². The average Bonchev–Trinajstić information content (AvgIpc) is 2.60. The zero-order chi connectivity index (χ0) is 12.4. The van der Waals surface area contributed by atoms with Crippen molar-refractivity contribution in [2.45, 2.75) is 55.8 Å². The molecule has 0 spiro atoms. The van der Waals surface area contributed by atoms with Gasteiger partial charge in [0.2, 0.25) is 0 Å². The highest BCUT2D eigenvalue weighted by Gasteiger charge is 2.28. The minimum absolute atomic E-state index is 0.345. The standard InChI is InChI=1S/C13H23N3S/c1-4-10-5-6-11(14)12(8-10)17-13-7-9(2)15-16(13)3/h7,10-12H,4-6,8,14H2,1-3H3. The smallest absolute Gasteiger partial charge is 0.0942 e. The number of thioether (sulfide) groups is 1. The molecule has 1 aromatic heterocycles. The van der Waals surface area contributed by atoms with E-state index in [1.54, 1.807) is 0 Å². The van der Waals surface area contributed by atoms with Crippen molar-refractivity contribution in [3.05, 3.63) is 11.8 Å². The first-order chi connectivity index (χ1) is 8.10. The van der Waals surface area contributed by atoms with Gasteiger partial charge in [0.25, 0.3) is 0 Å². The molecule has 2 N–H and O–H groups in total. The second-order valence-electron chi connectivity index (χ2n) is 5.16. The van der Waals surface area contributed by atoms with Crippen molar-refractivity contribution in [3.8, 4) is 0 Å². The summed E-state index contributed by atoms with van der Waals surface area (Å²) >= 11 is 1.91. The lowest BCUT2D eigenvalue weighted by Gasteiger charge is -2.33. The van der Waals surface area contributed by atoms with Gasteiger partial charge in [0.15, 0.2) is 0 Å². The van der Waals surface area contributed by atoms with Crippen LogP contribution in [0.25, 0.3) is 0 Å². The van der Waals surface area contributed by atoms with Crippen LogP contribution in [0, 0.1) is 12.8 Å². The summed E-state index contributed by atoms with van der Waals surface area (Å²) in [6.45, 7) is 4.33. The Hall–Kier alpha value is -0.480. The summed E-state index contributed by atoms with van der Waals surface area (Å²) in [6, 6.07) is 2.51. The number of nitrogens with two attached hydrogens (primary N) is 1. The Morgan fingerprint density at radius 1 is 1.53 bits per heavy atom. The number of hydrogen-bond donors (Lipinski definition) is 1. The molecule has 0 saturated heterocycles. The van der Waals surface area contributed by atoms with E-state index in [1.807, 2.05) is 30.4 Å². The first-order valence-electron chi connectivity index (χ1n) is 6.53. The number of rotatable bonds is 3. The van der Waals surface area contributed by atoms with Gasteiger partial charge in [-0.1, -0.05) is 13.3 Å². The van der Waals surface area contributed by atoms with E-state index in [4.69, 9.17) is 5.73 Å². The second kappa shape index (κ2) is 5.44. The molecular weight excluding hydrogens is 230 g/mol. The summed E-state index contributed by atoms with van der Waals surface area (Å²) < 4.78 is 1.97. The SMILES string of the molecule is CCC1CCC(N)C(Sc2cc(C)nn2C)C1. The van der Waals surface area contributed by atoms with Crippen LogP contribution in [0.2, 0.25) is 0 Å². The van der Waals surface area contributed by atoms with Gasteiger partial charge >= 0.3 is 0 Å². The molecular formula is C13H23N3S. The lowest BCUT2D eigenvalue weighted by Crippen LogP contribution is -2.38. The topological polar surface area (TPSA) is 43.8 Å². The average molecular weight is 253 g/mol. The zero-order valence-corrected chi connectivity index (χ0v) is 11.8. The minimum atomic E-state index is 0.345. The molecule has 3 unspecified atom stereocenters. The lowest BCUT2D eigenvalue weighted by molar-refractivity contribution is 0.327. The van der Waals surface area contributed by atoms with Crippen LogP contribution in [-0.4, -0.2) is 21.1 Å². The van der Waals surface area contributed by atoms with Crippen molar-refractivity contribution in [2.75, 3.05) is 0 Å². The summed E-state index contributed by atoms with van der Waals surface area (Å²) in [6.07, 6.45) is 5.02. The van der Waals surface area contributed by atoms with Gasteiger partial charge in [0.05, 0.1) is 10.7 Å². The molecule has 0 radical (unpaired) electrons. The molecule has 4 heteroatoms. The van der Waals surface area contributed by atoms with E-state index in [0.717, 1.165) is 11.6 Å². The molecule has 1 saturated carbocycles. The van der Waals surface area contributed by atoms with Crippen LogP contribution < -0.4 is 5.73 Å².